The summed E-state index contributed by atoms with van der Waals surface area (Å²) in [7, 11) is -2.47. The smallest absolute Gasteiger partial charge is 0.262 e. The summed E-state index contributed by atoms with van der Waals surface area (Å²) in [6, 6.07) is 9.09. The largest absolute Gasteiger partial charge is 0.495 e. The minimum Gasteiger partial charge on any atom is -0.495 e. The SMILES string of the molecule is COc1ccccc1NC(=O)C1CCCN1S(=O)(=O)c1cc2c(cc1C)NC(=O)CO2. The second kappa shape index (κ2) is 8.20. The Labute approximate surface area is 180 Å². The van der Waals surface area contributed by atoms with Crippen molar-refractivity contribution in [1.29, 1.82) is 0 Å². The maximum Gasteiger partial charge on any atom is 0.262 e. The number of fused-ring (bicyclic) bond motifs is 1. The van der Waals surface area contributed by atoms with E-state index in [1.165, 1.54) is 17.5 Å². The Kier molecular flexibility index (Phi) is 5.59. The van der Waals surface area contributed by atoms with Crippen molar-refractivity contribution in [2.75, 3.05) is 30.9 Å². The van der Waals surface area contributed by atoms with Gasteiger partial charge in [-0.2, -0.15) is 4.31 Å². The third kappa shape index (κ3) is 3.96. The molecule has 2 N–H and O–H groups in total. The number of sulfonamides is 1. The third-order valence-corrected chi connectivity index (χ3v) is 7.42. The molecule has 0 spiro atoms. The van der Waals surface area contributed by atoms with E-state index in [4.69, 9.17) is 9.47 Å². The van der Waals surface area contributed by atoms with Crippen LogP contribution in [-0.2, 0) is 19.6 Å². The molecule has 0 radical (unpaired) electrons. The standard InChI is InChI=1S/C21H23N3O6S/c1-13-10-15-18(30-12-20(25)22-15)11-19(13)31(27,28)24-9-5-7-16(24)21(26)23-14-6-3-4-8-17(14)29-2/h3-4,6,8,10-11,16H,5,7,9,12H2,1-2H3,(H,22,25)(H,23,26). The number of anilines is 2. The van der Waals surface area contributed by atoms with Gasteiger partial charge in [0.1, 0.15) is 17.5 Å². The number of nitrogens with zero attached hydrogens (tertiary/aromatic N) is 1. The summed E-state index contributed by atoms with van der Waals surface area (Å²) in [5.41, 5.74) is 1.37. The van der Waals surface area contributed by atoms with Gasteiger partial charge < -0.3 is 20.1 Å². The van der Waals surface area contributed by atoms with Crippen LogP contribution in [0.25, 0.3) is 0 Å². The summed E-state index contributed by atoms with van der Waals surface area (Å²) in [5, 5.41) is 5.45. The molecule has 2 aliphatic heterocycles. The Morgan fingerprint density at radius 1 is 1.29 bits per heavy atom. The molecular formula is C21H23N3O6S. The third-order valence-electron chi connectivity index (χ3n) is 5.37. The minimum absolute atomic E-state index is 0.0550. The highest BCUT2D eigenvalue weighted by Gasteiger charge is 2.40. The zero-order valence-electron chi connectivity index (χ0n) is 17.2. The molecule has 10 heteroatoms. The monoisotopic (exact) mass is 445 g/mol. The molecule has 2 aromatic rings. The predicted molar refractivity (Wildman–Crippen MR) is 114 cm³/mol. The van der Waals surface area contributed by atoms with E-state index in [0.717, 1.165) is 0 Å². The van der Waals surface area contributed by atoms with Gasteiger partial charge in [0.05, 0.1) is 23.4 Å². The first-order valence-electron chi connectivity index (χ1n) is 9.84. The number of hydrogen-bond acceptors (Lipinski definition) is 6. The summed E-state index contributed by atoms with van der Waals surface area (Å²) in [5.74, 6) is 0.0748. The van der Waals surface area contributed by atoms with Crippen molar-refractivity contribution in [3.8, 4) is 11.5 Å². The van der Waals surface area contributed by atoms with Gasteiger partial charge in [-0.1, -0.05) is 12.1 Å². The molecule has 4 rings (SSSR count). The number of carbonyl (C=O) groups is 2. The minimum atomic E-state index is -3.97. The molecular weight excluding hydrogens is 422 g/mol. The first-order valence-corrected chi connectivity index (χ1v) is 11.3. The second-order valence-corrected chi connectivity index (χ2v) is 9.27. The molecule has 0 bridgehead atoms. The summed E-state index contributed by atoms with van der Waals surface area (Å²) < 4.78 is 38.8. The highest BCUT2D eigenvalue weighted by molar-refractivity contribution is 7.89. The summed E-state index contributed by atoms with van der Waals surface area (Å²) in [4.78, 5) is 24.6. The van der Waals surface area contributed by atoms with Gasteiger partial charge in [-0.3, -0.25) is 9.59 Å². The summed E-state index contributed by atoms with van der Waals surface area (Å²) in [6.45, 7) is 1.71. The van der Waals surface area contributed by atoms with Crippen molar-refractivity contribution in [3.05, 3.63) is 42.0 Å². The number of amides is 2. The molecule has 31 heavy (non-hydrogen) atoms. The lowest BCUT2D eigenvalue weighted by molar-refractivity contribution is -0.119. The van der Waals surface area contributed by atoms with Crippen molar-refractivity contribution < 1.29 is 27.5 Å². The fourth-order valence-corrected chi connectivity index (χ4v) is 5.75. The molecule has 1 fully saturated rings. The van der Waals surface area contributed by atoms with E-state index in [1.807, 2.05) is 0 Å². The topological polar surface area (TPSA) is 114 Å². The van der Waals surface area contributed by atoms with Crippen LogP contribution in [0.5, 0.6) is 11.5 Å². The Balaban J connectivity index is 1.62. The molecule has 1 atom stereocenters. The van der Waals surface area contributed by atoms with Gasteiger partial charge in [-0.05, 0) is 43.5 Å². The number of rotatable bonds is 5. The highest BCUT2D eigenvalue weighted by Crippen LogP contribution is 2.36. The maximum atomic E-state index is 13.5. The van der Waals surface area contributed by atoms with Crippen LogP contribution in [-0.4, -0.2) is 50.8 Å². The fourth-order valence-electron chi connectivity index (χ4n) is 3.87. The lowest BCUT2D eigenvalue weighted by atomic mass is 10.2. The zero-order valence-corrected chi connectivity index (χ0v) is 18.0. The first kappa shape index (κ1) is 21.1. The molecule has 0 aliphatic carbocycles. The molecule has 2 aromatic carbocycles. The first-order chi connectivity index (χ1) is 14.8. The van der Waals surface area contributed by atoms with Crippen LogP contribution in [0.15, 0.2) is 41.3 Å². The van der Waals surface area contributed by atoms with Gasteiger partial charge in [0.15, 0.2) is 6.61 Å². The Bertz CT molecular complexity index is 1150. The molecule has 0 aromatic heterocycles. The molecule has 2 heterocycles. The predicted octanol–water partition coefficient (Wildman–Crippen LogP) is 2.13. The van der Waals surface area contributed by atoms with Gasteiger partial charge in [0.25, 0.3) is 5.91 Å². The lowest BCUT2D eigenvalue weighted by Crippen LogP contribution is -2.43. The summed E-state index contributed by atoms with van der Waals surface area (Å²) in [6.07, 6.45) is 0.983. The van der Waals surface area contributed by atoms with Crippen LogP contribution in [0.2, 0.25) is 0 Å². The van der Waals surface area contributed by atoms with Gasteiger partial charge in [-0.15, -0.1) is 0 Å². The normalized spacial score (nSPS) is 18.6. The van der Waals surface area contributed by atoms with E-state index in [0.29, 0.717) is 35.5 Å². The Morgan fingerprint density at radius 3 is 2.84 bits per heavy atom. The van der Waals surface area contributed by atoms with E-state index in [2.05, 4.69) is 10.6 Å². The van der Waals surface area contributed by atoms with Crippen LogP contribution < -0.4 is 20.1 Å². The van der Waals surface area contributed by atoms with Crippen LogP contribution in [0.3, 0.4) is 0 Å². The van der Waals surface area contributed by atoms with E-state index < -0.39 is 22.0 Å². The van der Waals surface area contributed by atoms with Crippen LogP contribution in [0.4, 0.5) is 11.4 Å². The van der Waals surface area contributed by atoms with Crippen LogP contribution in [0, 0.1) is 6.92 Å². The van der Waals surface area contributed by atoms with Gasteiger partial charge in [0.2, 0.25) is 15.9 Å². The molecule has 0 saturated carbocycles. The second-order valence-electron chi connectivity index (χ2n) is 7.41. The van der Waals surface area contributed by atoms with Crippen molar-refractivity contribution in [2.24, 2.45) is 0 Å². The maximum absolute atomic E-state index is 13.5. The average molecular weight is 445 g/mol. The van der Waals surface area contributed by atoms with E-state index in [-0.39, 0.29) is 29.7 Å². The van der Waals surface area contributed by atoms with E-state index in [1.54, 1.807) is 37.3 Å². The lowest BCUT2D eigenvalue weighted by Gasteiger charge is -2.26. The number of nitrogens with one attached hydrogen (secondary N) is 2. The number of methoxy groups -OCH3 is 1. The number of ether oxygens (including phenoxy) is 2. The van der Waals surface area contributed by atoms with Crippen molar-refractivity contribution in [1.82, 2.24) is 4.31 Å². The zero-order chi connectivity index (χ0) is 22.2. The molecule has 2 aliphatic rings. The fraction of sp³-hybridized carbons (Fsp3) is 0.333. The molecule has 1 saturated heterocycles. The molecule has 1 unspecified atom stereocenters. The number of benzene rings is 2. The molecule has 9 nitrogen and oxygen atoms in total. The van der Waals surface area contributed by atoms with Crippen LogP contribution >= 0.6 is 0 Å². The van der Waals surface area contributed by atoms with Gasteiger partial charge in [-0.25, -0.2) is 8.42 Å². The molecule has 164 valence electrons. The quantitative estimate of drug-likeness (QED) is 0.729. The van der Waals surface area contributed by atoms with Crippen molar-refractivity contribution in [3.63, 3.8) is 0 Å². The van der Waals surface area contributed by atoms with E-state index >= 15 is 0 Å². The van der Waals surface area contributed by atoms with Gasteiger partial charge >= 0.3 is 0 Å². The van der Waals surface area contributed by atoms with Crippen molar-refractivity contribution in [2.45, 2.75) is 30.7 Å². The van der Waals surface area contributed by atoms with Crippen molar-refractivity contribution >= 4 is 33.2 Å². The van der Waals surface area contributed by atoms with Crippen LogP contribution in [0.1, 0.15) is 18.4 Å². The Morgan fingerprint density at radius 2 is 2.06 bits per heavy atom. The average Bonchev–Trinajstić information content (AvgIpc) is 3.24. The Hall–Kier alpha value is -3.11. The number of hydrogen-bond donors (Lipinski definition) is 2. The molecule has 2 amide bonds. The van der Waals surface area contributed by atoms with E-state index in [9.17, 15) is 18.0 Å². The highest BCUT2D eigenvalue weighted by atomic mass is 32.2. The number of para-hydroxylation sites is 2. The number of aryl methyl sites for hydroxylation is 1. The summed E-state index contributed by atoms with van der Waals surface area (Å²) >= 11 is 0. The number of carbonyl (C=O) groups excluding carboxylic acids is 2. The van der Waals surface area contributed by atoms with Gasteiger partial charge in [0, 0.05) is 12.6 Å².